The highest BCUT2D eigenvalue weighted by molar-refractivity contribution is 4.90. The molecule has 1 aliphatic carbocycles. The lowest BCUT2D eigenvalue weighted by Gasteiger charge is -2.39. The first-order valence-corrected chi connectivity index (χ1v) is 8.49. The van der Waals surface area contributed by atoms with Crippen molar-refractivity contribution < 1.29 is 5.11 Å². The number of aliphatic hydroxyl groups excluding tert-OH is 1. The van der Waals surface area contributed by atoms with Crippen LogP contribution >= 0.6 is 0 Å². The minimum absolute atomic E-state index is 0.187. The van der Waals surface area contributed by atoms with E-state index in [2.05, 4.69) is 44.8 Å². The van der Waals surface area contributed by atoms with Gasteiger partial charge in [0.15, 0.2) is 0 Å². The molecule has 0 saturated heterocycles. The molecular weight excluding hydrogens is 248 g/mol. The van der Waals surface area contributed by atoms with E-state index in [0.29, 0.717) is 6.04 Å². The third kappa shape index (κ3) is 6.11. The van der Waals surface area contributed by atoms with Crippen molar-refractivity contribution in [3.8, 4) is 0 Å². The van der Waals surface area contributed by atoms with Crippen LogP contribution in [0.15, 0.2) is 0 Å². The molecule has 0 aromatic carbocycles. The molecule has 120 valence electrons. The highest BCUT2D eigenvalue weighted by atomic mass is 16.3. The standard InChI is InChI=1S/C17H36N2O/c1-14(2)10-11-19(16-8-6-7-9-16)12-17(5,13-20)18-15(3)4/h14-16,18,20H,6-13H2,1-5H3. The molecule has 1 fully saturated rings. The van der Waals surface area contributed by atoms with Crippen molar-refractivity contribution in [3.63, 3.8) is 0 Å². The molecule has 0 aliphatic heterocycles. The Bertz CT molecular complexity index is 262. The summed E-state index contributed by atoms with van der Waals surface area (Å²) in [6.45, 7) is 13.4. The summed E-state index contributed by atoms with van der Waals surface area (Å²) in [7, 11) is 0. The normalized spacial score (nSPS) is 20.2. The van der Waals surface area contributed by atoms with E-state index in [1.54, 1.807) is 0 Å². The molecule has 3 nitrogen and oxygen atoms in total. The Hall–Kier alpha value is -0.120. The lowest BCUT2D eigenvalue weighted by molar-refractivity contribution is 0.0865. The van der Waals surface area contributed by atoms with E-state index in [-0.39, 0.29) is 12.1 Å². The quantitative estimate of drug-likeness (QED) is 0.683. The van der Waals surface area contributed by atoms with Crippen molar-refractivity contribution in [3.05, 3.63) is 0 Å². The molecule has 3 heteroatoms. The van der Waals surface area contributed by atoms with Gasteiger partial charge in [0.2, 0.25) is 0 Å². The van der Waals surface area contributed by atoms with Crippen molar-refractivity contribution in [1.29, 1.82) is 0 Å². The van der Waals surface area contributed by atoms with Gasteiger partial charge < -0.3 is 10.4 Å². The van der Waals surface area contributed by atoms with Gasteiger partial charge in [-0.25, -0.2) is 0 Å². The smallest absolute Gasteiger partial charge is 0.0623 e. The van der Waals surface area contributed by atoms with Crippen molar-refractivity contribution in [2.24, 2.45) is 5.92 Å². The number of nitrogens with one attached hydrogen (secondary N) is 1. The summed E-state index contributed by atoms with van der Waals surface area (Å²) in [6, 6.07) is 1.14. The van der Waals surface area contributed by atoms with Crippen LogP contribution in [0.4, 0.5) is 0 Å². The van der Waals surface area contributed by atoms with Crippen LogP contribution in [0.2, 0.25) is 0 Å². The number of nitrogens with zero attached hydrogens (tertiary/aromatic N) is 1. The zero-order chi connectivity index (χ0) is 15.2. The molecule has 1 aliphatic rings. The van der Waals surface area contributed by atoms with Crippen molar-refractivity contribution in [2.75, 3.05) is 19.7 Å². The summed E-state index contributed by atoms with van der Waals surface area (Å²) in [5.41, 5.74) is -0.187. The van der Waals surface area contributed by atoms with Gasteiger partial charge >= 0.3 is 0 Å². The zero-order valence-corrected chi connectivity index (χ0v) is 14.3. The second-order valence-corrected chi connectivity index (χ2v) is 7.61. The number of rotatable bonds is 9. The first-order valence-electron chi connectivity index (χ1n) is 8.49. The van der Waals surface area contributed by atoms with Gasteiger partial charge in [-0.1, -0.05) is 40.5 Å². The molecule has 0 bridgehead atoms. The molecule has 0 amide bonds. The van der Waals surface area contributed by atoms with E-state index in [1.165, 1.54) is 32.1 Å². The monoisotopic (exact) mass is 284 g/mol. The highest BCUT2D eigenvalue weighted by Gasteiger charge is 2.31. The first-order chi connectivity index (χ1) is 9.36. The summed E-state index contributed by atoms with van der Waals surface area (Å²) in [5, 5.41) is 13.4. The van der Waals surface area contributed by atoms with Crippen molar-refractivity contribution in [2.45, 2.75) is 84.3 Å². The molecule has 0 spiro atoms. The maximum atomic E-state index is 9.81. The highest BCUT2D eigenvalue weighted by Crippen LogP contribution is 2.25. The summed E-state index contributed by atoms with van der Waals surface area (Å²) < 4.78 is 0. The van der Waals surface area contributed by atoms with E-state index < -0.39 is 0 Å². The number of hydrogen-bond acceptors (Lipinski definition) is 3. The SMILES string of the molecule is CC(C)CCN(CC(C)(CO)NC(C)C)C1CCCC1. The van der Waals surface area contributed by atoms with Crippen molar-refractivity contribution in [1.82, 2.24) is 10.2 Å². The van der Waals surface area contributed by atoms with Gasteiger partial charge in [-0.05, 0) is 38.6 Å². The Morgan fingerprint density at radius 3 is 2.25 bits per heavy atom. The molecule has 1 rings (SSSR count). The maximum Gasteiger partial charge on any atom is 0.0623 e. The minimum atomic E-state index is -0.187. The molecule has 2 N–H and O–H groups in total. The Labute approximate surface area is 126 Å². The second kappa shape index (κ2) is 8.35. The van der Waals surface area contributed by atoms with Gasteiger partial charge in [0.25, 0.3) is 0 Å². The second-order valence-electron chi connectivity index (χ2n) is 7.61. The average molecular weight is 284 g/mol. The number of aliphatic hydroxyl groups is 1. The van der Waals surface area contributed by atoms with Gasteiger partial charge in [-0.15, -0.1) is 0 Å². The van der Waals surface area contributed by atoms with Crippen LogP contribution in [0.25, 0.3) is 0 Å². The Kier molecular flexibility index (Phi) is 7.49. The molecule has 20 heavy (non-hydrogen) atoms. The maximum absolute atomic E-state index is 9.81. The Morgan fingerprint density at radius 2 is 1.80 bits per heavy atom. The third-order valence-electron chi connectivity index (χ3n) is 4.37. The van der Waals surface area contributed by atoms with Gasteiger partial charge in [-0.3, -0.25) is 4.90 Å². The molecule has 0 heterocycles. The molecule has 0 aromatic rings. The zero-order valence-electron chi connectivity index (χ0n) is 14.3. The average Bonchev–Trinajstić information content (AvgIpc) is 2.87. The van der Waals surface area contributed by atoms with E-state index in [4.69, 9.17) is 0 Å². The van der Waals surface area contributed by atoms with Crippen molar-refractivity contribution >= 4 is 0 Å². The largest absolute Gasteiger partial charge is 0.394 e. The molecule has 1 unspecified atom stereocenters. The van der Waals surface area contributed by atoms with Gasteiger partial charge in [0, 0.05) is 18.6 Å². The van der Waals surface area contributed by atoms with E-state index in [1.807, 2.05) is 0 Å². The Balaban J connectivity index is 2.65. The minimum Gasteiger partial charge on any atom is -0.394 e. The first kappa shape index (κ1) is 17.9. The van der Waals surface area contributed by atoms with Gasteiger partial charge in [0.05, 0.1) is 12.1 Å². The molecule has 0 radical (unpaired) electrons. The van der Waals surface area contributed by atoms with Crippen LogP contribution in [0.1, 0.15) is 66.7 Å². The van der Waals surface area contributed by atoms with Crippen LogP contribution in [-0.2, 0) is 0 Å². The van der Waals surface area contributed by atoms with Crippen LogP contribution in [0.5, 0.6) is 0 Å². The van der Waals surface area contributed by atoms with Crippen LogP contribution in [-0.4, -0.2) is 47.3 Å². The van der Waals surface area contributed by atoms with Crippen LogP contribution in [0, 0.1) is 5.92 Å². The van der Waals surface area contributed by atoms with Gasteiger partial charge in [0.1, 0.15) is 0 Å². The lowest BCUT2D eigenvalue weighted by atomic mass is 9.99. The Morgan fingerprint density at radius 1 is 1.20 bits per heavy atom. The summed E-state index contributed by atoms with van der Waals surface area (Å²) in [4.78, 5) is 2.64. The fourth-order valence-electron chi connectivity index (χ4n) is 3.37. The van der Waals surface area contributed by atoms with Crippen LogP contribution in [0.3, 0.4) is 0 Å². The topological polar surface area (TPSA) is 35.5 Å². The van der Waals surface area contributed by atoms with E-state index >= 15 is 0 Å². The van der Waals surface area contributed by atoms with Gasteiger partial charge in [-0.2, -0.15) is 0 Å². The number of hydrogen-bond donors (Lipinski definition) is 2. The summed E-state index contributed by atoms with van der Waals surface area (Å²) in [5.74, 6) is 0.748. The van der Waals surface area contributed by atoms with Crippen LogP contribution < -0.4 is 5.32 Å². The lowest BCUT2D eigenvalue weighted by Crippen LogP contribution is -2.57. The molecule has 1 saturated carbocycles. The predicted octanol–water partition coefficient (Wildman–Crippen LogP) is 3.03. The van der Waals surface area contributed by atoms with E-state index in [9.17, 15) is 5.11 Å². The molecule has 1 atom stereocenters. The molecular formula is C17H36N2O. The third-order valence-corrected chi connectivity index (χ3v) is 4.37. The van der Waals surface area contributed by atoms with E-state index in [0.717, 1.165) is 25.0 Å². The molecule has 0 aromatic heterocycles. The fourth-order valence-corrected chi connectivity index (χ4v) is 3.37. The predicted molar refractivity (Wildman–Crippen MR) is 87.0 cm³/mol. The fraction of sp³-hybridized carbons (Fsp3) is 1.00. The summed E-state index contributed by atoms with van der Waals surface area (Å²) >= 11 is 0. The summed E-state index contributed by atoms with van der Waals surface area (Å²) in [6.07, 6.45) is 6.66.